The van der Waals surface area contributed by atoms with Crippen LogP contribution in [-0.2, 0) is 4.79 Å². The minimum atomic E-state index is -0.259. The monoisotopic (exact) mass is 354 g/mol. The van der Waals surface area contributed by atoms with Crippen molar-refractivity contribution in [1.29, 1.82) is 0 Å². The van der Waals surface area contributed by atoms with Crippen LogP contribution >= 0.6 is 0 Å². The number of carbonyl (C=O) groups excluding carboxylic acids is 1. The Morgan fingerprint density at radius 3 is 2.35 bits per heavy atom. The predicted molar refractivity (Wildman–Crippen MR) is 104 cm³/mol. The molecule has 1 N–H and O–H groups in total. The maximum Gasteiger partial charge on any atom is 0.244 e. The zero-order valence-corrected chi connectivity index (χ0v) is 15.6. The summed E-state index contributed by atoms with van der Waals surface area (Å²) in [6.45, 7) is 3.65. The Hall–Kier alpha value is -2.69. The second kappa shape index (κ2) is 8.13. The molecule has 5 nitrogen and oxygen atoms in total. The van der Waals surface area contributed by atoms with Gasteiger partial charge in [0, 0.05) is 24.3 Å². The van der Waals surface area contributed by atoms with Gasteiger partial charge in [0.05, 0.1) is 14.2 Å². The van der Waals surface area contributed by atoms with Gasteiger partial charge >= 0.3 is 0 Å². The van der Waals surface area contributed by atoms with E-state index in [1.54, 1.807) is 14.2 Å². The lowest BCUT2D eigenvalue weighted by Crippen LogP contribution is -2.39. The van der Waals surface area contributed by atoms with E-state index in [9.17, 15) is 4.79 Å². The lowest BCUT2D eigenvalue weighted by atomic mass is 10.0. The van der Waals surface area contributed by atoms with E-state index in [-0.39, 0.29) is 11.9 Å². The van der Waals surface area contributed by atoms with Crippen molar-refractivity contribution in [3.63, 3.8) is 0 Å². The topological polar surface area (TPSA) is 50.8 Å². The van der Waals surface area contributed by atoms with Crippen LogP contribution in [0.3, 0.4) is 0 Å². The average Bonchev–Trinajstić information content (AvgIpc) is 3.22. The van der Waals surface area contributed by atoms with E-state index in [2.05, 4.69) is 5.32 Å². The Morgan fingerprint density at radius 2 is 1.73 bits per heavy atom. The Kier molecular flexibility index (Phi) is 5.66. The average molecular weight is 354 g/mol. The summed E-state index contributed by atoms with van der Waals surface area (Å²) in [6.07, 6.45) is 2.20. The summed E-state index contributed by atoms with van der Waals surface area (Å²) in [7, 11) is 3.31. The van der Waals surface area contributed by atoms with Crippen LogP contribution in [0.2, 0.25) is 0 Å². The number of ether oxygens (including phenoxy) is 2. The first-order chi connectivity index (χ1) is 12.6. The quantitative estimate of drug-likeness (QED) is 0.857. The number of anilines is 1. The summed E-state index contributed by atoms with van der Waals surface area (Å²) in [6, 6.07) is 13.5. The standard InChI is InChI=1S/C21H26N2O3/c1-15(21(24)23-12-4-5-13-23)22-17-8-11-20(26-3)19(14-17)16-6-9-18(25-2)10-7-16/h6-11,14-15,22H,4-5,12-13H2,1-3H3/t15-/m0/s1. The van der Waals surface area contributed by atoms with E-state index in [1.807, 2.05) is 54.3 Å². The molecule has 1 amide bonds. The molecule has 0 radical (unpaired) electrons. The summed E-state index contributed by atoms with van der Waals surface area (Å²) in [5, 5.41) is 3.33. The number of carbonyl (C=O) groups is 1. The van der Waals surface area contributed by atoms with Gasteiger partial charge in [-0.25, -0.2) is 0 Å². The summed E-state index contributed by atoms with van der Waals surface area (Å²) in [5.41, 5.74) is 2.91. The molecule has 0 aromatic heterocycles. The van der Waals surface area contributed by atoms with Gasteiger partial charge in [-0.15, -0.1) is 0 Å². The highest BCUT2D eigenvalue weighted by Crippen LogP contribution is 2.33. The lowest BCUT2D eigenvalue weighted by molar-refractivity contribution is -0.130. The van der Waals surface area contributed by atoms with Crippen LogP contribution in [0.25, 0.3) is 11.1 Å². The molecule has 2 aromatic rings. The zero-order chi connectivity index (χ0) is 18.5. The highest BCUT2D eigenvalue weighted by molar-refractivity contribution is 5.85. The van der Waals surface area contributed by atoms with E-state index >= 15 is 0 Å². The number of nitrogens with zero attached hydrogens (tertiary/aromatic N) is 1. The van der Waals surface area contributed by atoms with E-state index < -0.39 is 0 Å². The number of hydrogen-bond acceptors (Lipinski definition) is 4. The van der Waals surface area contributed by atoms with Crippen LogP contribution in [-0.4, -0.2) is 44.2 Å². The largest absolute Gasteiger partial charge is 0.497 e. The van der Waals surface area contributed by atoms with Crippen molar-refractivity contribution in [2.24, 2.45) is 0 Å². The smallest absolute Gasteiger partial charge is 0.244 e. The van der Waals surface area contributed by atoms with Crippen molar-refractivity contribution in [2.75, 3.05) is 32.6 Å². The van der Waals surface area contributed by atoms with E-state index in [4.69, 9.17) is 9.47 Å². The molecule has 0 bridgehead atoms. The molecule has 138 valence electrons. The Balaban J connectivity index is 1.81. The van der Waals surface area contributed by atoms with Gasteiger partial charge in [-0.3, -0.25) is 4.79 Å². The van der Waals surface area contributed by atoms with Crippen LogP contribution in [0.15, 0.2) is 42.5 Å². The van der Waals surface area contributed by atoms with Gasteiger partial charge in [-0.2, -0.15) is 0 Å². The number of nitrogens with one attached hydrogen (secondary N) is 1. The predicted octanol–water partition coefficient (Wildman–Crippen LogP) is 3.79. The van der Waals surface area contributed by atoms with Crippen molar-refractivity contribution in [3.8, 4) is 22.6 Å². The highest BCUT2D eigenvalue weighted by atomic mass is 16.5. The zero-order valence-electron chi connectivity index (χ0n) is 15.6. The van der Waals surface area contributed by atoms with Crippen LogP contribution in [0.5, 0.6) is 11.5 Å². The summed E-state index contributed by atoms with van der Waals surface area (Å²) < 4.78 is 10.7. The third-order valence-electron chi connectivity index (χ3n) is 4.77. The normalized spacial score (nSPS) is 14.8. The van der Waals surface area contributed by atoms with E-state index in [0.29, 0.717) is 0 Å². The van der Waals surface area contributed by atoms with Crippen molar-refractivity contribution in [3.05, 3.63) is 42.5 Å². The first-order valence-corrected chi connectivity index (χ1v) is 9.00. The molecule has 1 atom stereocenters. The first kappa shape index (κ1) is 18.1. The molecular formula is C21H26N2O3. The fraction of sp³-hybridized carbons (Fsp3) is 0.381. The second-order valence-electron chi connectivity index (χ2n) is 6.54. The SMILES string of the molecule is COc1ccc(-c2cc(N[C@@H](C)C(=O)N3CCCC3)ccc2OC)cc1. The van der Waals surface area contributed by atoms with Crippen molar-refractivity contribution < 1.29 is 14.3 Å². The molecule has 26 heavy (non-hydrogen) atoms. The third kappa shape index (κ3) is 3.93. The Labute approximate surface area is 154 Å². The third-order valence-corrected chi connectivity index (χ3v) is 4.77. The molecule has 0 saturated carbocycles. The second-order valence-corrected chi connectivity index (χ2v) is 6.54. The molecular weight excluding hydrogens is 328 g/mol. The molecule has 1 aliphatic rings. The van der Waals surface area contributed by atoms with Crippen molar-refractivity contribution in [1.82, 2.24) is 4.90 Å². The number of methoxy groups -OCH3 is 2. The minimum Gasteiger partial charge on any atom is -0.497 e. The van der Waals surface area contributed by atoms with Gasteiger partial charge in [0.1, 0.15) is 17.5 Å². The lowest BCUT2D eigenvalue weighted by Gasteiger charge is -2.22. The fourth-order valence-electron chi connectivity index (χ4n) is 3.32. The van der Waals surface area contributed by atoms with Gasteiger partial charge in [-0.1, -0.05) is 12.1 Å². The van der Waals surface area contributed by atoms with Crippen LogP contribution < -0.4 is 14.8 Å². The highest BCUT2D eigenvalue weighted by Gasteiger charge is 2.23. The van der Waals surface area contributed by atoms with Crippen LogP contribution in [0, 0.1) is 0 Å². The maximum atomic E-state index is 12.5. The maximum absolute atomic E-state index is 12.5. The molecule has 2 aromatic carbocycles. The molecule has 1 aliphatic heterocycles. The van der Waals surface area contributed by atoms with Crippen LogP contribution in [0.4, 0.5) is 5.69 Å². The molecule has 1 fully saturated rings. The first-order valence-electron chi connectivity index (χ1n) is 9.00. The Bertz CT molecular complexity index is 752. The van der Waals surface area contributed by atoms with Crippen LogP contribution in [0.1, 0.15) is 19.8 Å². The molecule has 3 rings (SSSR count). The van der Waals surface area contributed by atoms with E-state index in [1.165, 1.54) is 0 Å². The number of rotatable bonds is 6. The molecule has 0 unspecified atom stereocenters. The number of likely N-dealkylation sites (tertiary alicyclic amines) is 1. The summed E-state index contributed by atoms with van der Waals surface area (Å²) in [5.74, 6) is 1.76. The molecule has 0 aliphatic carbocycles. The van der Waals surface area contributed by atoms with Gasteiger partial charge < -0.3 is 19.7 Å². The van der Waals surface area contributed by atoms with Gasteiger partial charge in [0.2, 0.25) is 5.91 Å². The number of amides is 1. The number of benzene rings is 2. The van der Waals surface area contributed by atoms with Gasteiger partial charge in [-0.05, 0) is 55.7 Å². The van der Waals surface area contributed by atoms with Gasteiger partial charge in [0.25, 0.3) is 0 Å². The molecule has 5 heteroatoms. The summed E-state index contributed by atoms with van der Waals surface area (Å²) >= 11 is 0. The van der Waals surface area contributed by atoms with Crippen molar-refractivity contribution in [2.45, 2.75) is 25.8 Å². The summed E-state index contributed by atoms with van der Waals surface area (Å²) in [4.78, 5) is 14.5. The fourth-order valence-corrected chi connectivity index (χ4v) is 3.32. The molecule has 1 saturated heterocycles. The van der Waals surface area contributed by atoms with Gasteiger partial charge in [0.15, 0.2) is 0 Å². The van der Waals surface area contributed by atoms with E-state index in [0.717, 1.165) is 54.2 Å². The molecule has 0 spiro atoms. The Morgan fingerprint density at radius 1 is 1.04 bits per heavy atom. The van der Waals surface area contributed by atoms with Crippen molar-refractivity contribution >= 4 is 11.6 Å². The molecule has 1 heterocycles. The number of hydrogen-bond donors (Lipinski definition) is 1. The minimum absolute atomic E-state index is 0.157.